The number of hydrogen-bond donors (Lipinski definition) is 0. The minimum absolute atomic E-state index is 0.205. The summed E-state index contributed by atoms with van der Waals surface area (Å²) in [4.78, 5) is 12.3. The Kier molecular flexibility index (Phi) is 4.96. The summed E-state index contributed by atoms with van der Waals surface area (Å²) in [7, 11) is 0. The van der Waals surface area contributed by atoms with E-state index in [1.165, 1.54) is 12.8 Å². The molecule has 2 saturated carbocycles. The fourth-order valence-electron chi connectivity index (χ4n) is 5.79. The molecular formula is C22H36O3. The van der Waals surface area contributed by atoms with Crippen LogP contribution in [0.4, 0.5) is 0 Å². The van der Waals surface area contributed by atoms with E-state index >= 15 is 0 Å². The van der Waals surface area contributed by atoms with E-state index in [0.29, 0.717) is 30.1 Å². The summed E-state index contributed by atoms with van der Waals surface area (Å²) in [6, 6.07) is 0. The first kappa shape index (κ1) is 19.1. The lowest BCUT2D eigenvalue weighted by Crippen LogP contribution is -2.50. The summed E-state index contributed by atoms with van der Waals surface area (Å²) >= 11 is 0. The van der Waals surface area contributed by atoms with E-state index < -0.39 is 5.79 Å². The first-order valence-electron chi connectivity index (χ1n) is 10.1. The number of carbonyl (C=O) groups is 1. The molecule has 25 heavy (non-hydrogen) atoms. The van der Waals surface area contributed by atoms with E-state index in [9.17, 15) is 4.79 Å². The van der Waals surface area contributed by atoms with Gasteiger partial charge in [-0.15, -0.1) is 0 Å². The summed E-state index contributed by atoms with van der Waals surface area (Å²) in [6.45, 7) is 13.7. The molecule has 142 valence electrons. The smallest absolute Gasteiger partial charge is 0.163 e. The van der Waals surface area contributed by atoms with E-state index in [4.69, 9.17) is 9.47 Å². The average molecular weight is 349 g/mol. The Bertz CT molecular complexity index is 547. The first-order valence-corrected chi connectivity index (χ1v) is 10.1. The summed E-state index contributed by atoms with van der Waals surface area (Å²) in [6.07, 6.45) is 10.0. The predicted molar refractivity (Wildman–Crippen MR) is 100 cm³/mol. The van der Waals surface area contributed by atoms with Gasteiger partial charge in [0.05, 0.1) is 12.2 Å². The van der Waals surface area contributed by atoms with Crippen LogP contribution in [0.1, 0.15) is 73.6 Å². The molecule has 3 heteroatoms. The number of fused-ring (bicyclic) bond motifs is 1. The Morgan fingerprint density at radius 3 is 2.56 bits per heavy atom. The van der Waals surface area contributed by atoms with Gasteiger partial charge in [0.15, 0.2) is 5.79 Å². The maximum atomic E-state index is 12.3. The Labute approximate surface area is 153 Å². The van der Waals surface area contributed by atoms with Crippen LogP contribution in [0, 0.1) is 29.1 Å². The SMILES string of the molecule is CC(C=C[C@@H]1COC(C)(C)OC1(C)C)[C@H]1CC[C@H]2C(=O)CCC[C@]12C. The summed E-state index contributed by atoms with van der Waals surface area (Å²) in [5.74, 6) is 1.69. The molecule has 0 radical (unpaired) electrons. The van der Waals surface area contributed by atoms with Crippen LogP contribution in [0.3, 0.4) is 0 Å². The van der Waals surface area contributed by atoms with Gasteiger partial charge < -0.3 is 9.47 Å². The molecule has 3 nitrogen and oxygen atoms in total. The highest BCUT2D eigenvalue weighted by Gasteiger charge is 2.52. The van der Waals surface area contributed by atoms with E-state index in [0.717, 1.165) is 19.3 Å². The van der Waals surface area contributed by atoms with Gasteiger partial charge in [-0.25, -0.2) is 0 Å². The van der Waals surface area contributed by atoms with Crippen molar-refractivity contribution >= 4 is 5.78 Å². The van der Waals surface area contributed by atoms with Crippen LogP contribution in [0.5, 0.6) is 0 Å². The quantitative estimate of drug-likeness (QED) is 0.662. The molecule has 0 spiro atoms. The van der Waals surface area contributed by atoms with Crippen molar-refractivity contribution in [2.24, 2.45) is 29.1 Å². The normalized spacial score (nSPS) is 41.7. The largest absolute Gasteiger partial charge is 0.350 e. The fraction of sp³-hybridized carbons (Fsp3) is 0.864. The van der Waals surface area contributed by atoms with Gasteiger partial charge in [0, 0.05) is 18.3 Å². The molecule has 0 amide bonds. The third-order valence-corrected chi connectivity index (χ3v) is 7.23. The van der Waals surface area contributed by atoms with Crippen LogP contribution in [0.25, 0.3) is 0 Å². The van der Waals surface area contributed by atoms with Crippen molar-refractivity contribution in [2.45, 2.75) is 85.0 Å². The van der Waals surface area contributed by atoms with E-state index in [-0.39, 0.29) is 16.9 Å². The van der Waals surface area contributed by atoms with Crippen LogP contribution in [0.2, 0.25) is 0 Å². The second-order valence-electron chi connectivity index (χ2n) is 9.83. The van der Waals surface area contributed by atoms with Gasteiger partial charge in [-0.3, -0.25) is 4.79 Å². The number of hydrogen-bond acceptors (Lipinski definition) is 3. The Morgan fingerprint density at radius 1 is 1.16 bits per heavy atom. The second-order valence-corrected chi connectivity index (χ2v) is 9.83. The molecule has 5 atom stereocenters. The first-order chi connectivity index (χ1) is 11.6. The number of carbonyl (C=O) groups excluding carboxylic acids is 1. The zero-order chi connectivity index (χ0) is 18.5. The van der Waals surface area contributed by atoms with Gasteiger partial charge in [0.2, 0.25) is 0 Å². The van der Waals surface area contributed by atoms with E-state index in [1.54, 1.807) is 0 Å². The van der Waals surface area contributed by atoms with Gasteiger partial charge in [0.1, 0.15) is 5.78 Å². The summed E-state index contributed by atoms with van der Waals surface area (Å²) in [5, 5.41) is 0. The molecular weight excluding hydrogens is 312 g/mol. The van der Waals surface area contributed by atoms with Gasteiger partial charge >= 0.3 is 0 Å². The lowest BCUT2D eigenvalue weighted by atomic mass is 9.62. The highest BCUT2D eigenvalue weighted by atomic mass is 16.7. The molecule has 1 heterocycles. The molecule has 2 aliphatic carbocycles. The van der Waals surface area contributed by atoms with Gasteiger partial charge in [-0.1, -0.05) is 26.0 Å². The van der Waals surface area contributed by atoms with Gasteiger partial charge in [-0.2, -0.15) is 0 Å². The van der Waals surface area contributed by atoms with Gasteiger partial charge in [0.25, 0.3) is 0 Å². The van der Waals surface area contributed by atoms with Crippen molar-refractivity contribution in [1.82, 2.24) is 0 Å². The van der Waals surface area contributed by atoms with Gasteiger partial charge in [-0.05, 0) is 70.6 Å². The third-order valence-electron chi connectivity index (χ3n) is 7.23. The lowest BCUT2D eigenvalue weighted by Gasteiger charge is -2.45. The van der Waals surface area contributed by atoms with E-state index in [1.807, 2.05) is 13.8 Å². The molecule has 0 aromatic heterocycles. The van der Waals surface area contributed by atoms with Crippen LogP contribution >= 0.6 is 0 Å². The topological polar surface area (TPSA) is 35.5 Å². The number of ether oxygens (including phenoxy) is 2. The molecule has 1 unspecified atom stereocenters. The molecule has 1 aliphatic heterocycles. The second kappa shape index (κ2) is 6.49. The average Bonchev–Trinajstić information content (AvgIpc) is 2.83. The Balaban J connectivity index is 1.69. The van der Waals surface area contributed by atoms with Crippen molar-refractivity contribution in [3.63, 3.8) is 0 Å². The molecule has 3 aliphatic rings. The lowest BCUT2D eigenvalue weighted by molar-refractivity contribution is -0.315. The number of allylic oxidation sites excluding steroid dienone is 1. The molecule has 0 aromatic carbocycles. The Hall–Kier alpha value is -0.670. The number of rotatable bonds is 3. The third kappa shape index (κ3) is 3.60. The summed E-state index contributed by atoms with van der Waals surface area (Å²) in [5.41, 5.74) is -0.0168. The van der Waals surface area contributed by atoms with Crippen molar-refractivity contribution in [2.75, 3.05) is 6.61 Å². The minimum Gasteiger partial charge on any atom is -0.350 e. The standard InChI is InChI=1S/C22H36O3/c1-15(9-10-16-14-24-21(4,5)25-20(16,2)3)17-11-12-18-19(23)8-7-13-22(17,18)6/h9-10,15-18H,7-8,11-14H2,1-6H3/t15?,16-,17-,18+,22-/m1/s1. The molecule has 0 N–H and O–H groups in total. The maximum absolute atomic E-state index is 12.3. The molecule has 3 fully saturated rings. The zero-order valence-electron chi connectivity index (χ0n) is 16.9. The highest BCUT2D eigenvalue weighted by molar-refractivity contribution is 5.83. The number of ketones is 1. The number of Topliss-reactive ketones (excluding diaryl/α,β-unsaturated/α-hetero) is 1. The highest BCUT2D eigenvalue weighted by Crippen LogP contribution is 2.56. The predicted octanol–water partition coefficient (Wildman–Crippen LogP) is 5.14. The van der Waals surface area contributed by atoms with Crippen molar-refractivity contribution < 1.29 is 14.3 Å². The molecule has 1 saturated heterocycles. The molecule has 3 rings (SSSR count). The van der Waals surface area contributed by atoms with E-state index in [2.05, 4.69) is 39.8 Å². The Morgan fingerprint density at radius 2 is 1.88 bits per heavy atom. The van der Waals surface area contributed by atoms with Crippen LogP contribution in [-0.2, 0) is 14.3 Å². The zero-order valence-corrected chi connectivity index (χ0v) is 16.9. The van der Waals surface area contributed by atoms with Crippen LogP contribution in [0.15, 0.2) is 12.2 Å². The monoisotopic (exact) mass is 348 g/mol. The minimum atomic E-state index is -0.506. The maximum Gasteiger partial charge on any atom is 0.163 e. The van der Waals surface area contributed by atoms with Crippen LogP contribution < -0.4 is 0 Å². The molecule has 0 aromatic rings. The molecule has 0 bridgehead atoms. The van der Waals surface area contributed by atoms with Crippen molar-refractivity contribution in [1.29, 1.82) is 0 Å². The summed E-state index contributed by atoms with van der Waals surface area (Å²) < 4.78 is 12.0. The van der Waals surface area contributed by atoms with Crippen molar-refractivity contribution in [3.8, 4) is 0 Å². The fourth-order valence-corrected chi connectivity index (χ4v) is 5.79. The van der Waals surface area contributed by atoms with Crippen molar-refractivity contribution in [3.05, 3.63) is 12.2 Å². The van der Waals surface area contributed by atoms with Crippen LogP contribution in [-0.4, -0.2) is 23.8 Å².